The maximum Gasteiger partial charge on any atom is 0.0949 e. The van der Waals surface area contributed by atoms with Crippen LogP contribution in [0.5, 0.6) is 0 Å². The van der Waals surface area contributed by atoms with Gasteiger partial charge in [-0.05, 0) is 50.6 Å². The lowest BCUT2D eigenvalue weighted by molar-refractivity contribution is 0.527. The summed E-state index contributed by atoms with van der Waals surface area (Å²) < 4.78 is 2.20. The maximum absolute atomic E-state index is 4.68. The molecule has 114 valence electrons. The van der Waals surface area contributed by atoms with Crippen molar-refractivity contribution in [3.8, 4) is 0 Å². The van der Waals surface area contributed by atoms with E-state index >= 15 is 0 Å². The number of nitrogens with zero attached hydrogens (tertiary/aromatic N) is 1. The lowest BCUT2D eigenvalue weighted by Gasteiger charge is -2.18. The highest BCUT2D eigenvalue weighted by Crippen LogP contribution is 2.28. The molecule has 0 saturated carbocycles. The van der Waals surface area contributed by atoms with Crippen LogP contribution in [0.3, 0.4) is 0 Å². The minimum Gasteiger partial charge on any atom is -0.310 e. The van der Waals surface area contributed by atoms with Crippen LogP contribution in [0, 0.1) is 13.8 Å². The monoisotopic (exact) mass is 430 g/mol. The largest absolute Gasteiger partial charge is 0.310 e. The molecule has 0 aliphatic heterocycles. The van der Waals surface area contributed by atoms with Gasteiger partial charge in [0.1, 0.15) is 0 Å². The molecule has 0 spiro atoms. The number of aryl methyl sites for hydroxylation is 2. The summed E-state index contributed by atoms with van der Waals surface area (Å²) in [6.07, 6.45) is 2.06. The molecule has 0 saturated heterocycles. The van der Waals surface area contributed by atoms with Gasteiger partial charge in [-0.2, -0.15) is 0 Å². The lowest BCUT2D eigenvalue weighted by atomic mass is 10.0. The fraction of sp³-hybridized carbons (Fsp3) is 0.438. The van der Waals surface area contributed by atoms with Gasteiger partial charge in [-0.3, -0.25) is 0 Å². The average Bonchev–Trinajstić information content (AvgIpc) is 2.72. The fourth-order valence-corrected chi connectivity index (χ4v) is 4.51. The lowest BCUT2D eigenvalue weighted by Crippen LogP contribution is -2.24. The first-order chi connectivity index (χ1) is 9.99. The number of benzene rings is 1. The number of thiazole rings is 1. The fourth-order valence-electron chi connectivity index (χ4n) is 2.20. The van der Waals surface area contributed by atoms with E-state index in [9.17, 15) is 0 Å². The molecule has 1 heterocycles. The van der Waals surface area contributed by atoms with E-state index in [2.05, 4.69) is 81.1 Å². The number of halogens is 2. The molecule has 2 aromatic rings. The molecule has 0 bridgehead atoms. The minimum atomic E-state index is 0.295. The van der Waals surface area contributed by atoms with Gasteiger partial charge < -0.3 is 5.32 Å². The standard InChI is InChI=1S/C16H20Br2N2S/c1-4-5-19-15(9-16-20-10(2)11(3)21-16)12-6-13(17)8-14(18)7-12/h6-8,15,19H,4-5,9H2,1-3H3. The number of rotatable bonds is 6. The molecule has 2 rings (SSSR count). The summed E-state index contributed by atoms with van der Waals surface area (Å²) in [4.78, 5) is 6.00. The van der Waals surface area contributed by atoms with E-state index in [4.69, 9.17) is 0 Å². The molecule has 0 fully saturated rings. The highest BCUT2D eigenvalue weighted by molar-refractivity contribution is 9.11. The van der Waals surface area contributed by atoms with Crippen LogP contribution in [0.15, 0.2) is 27.1 Å². The van der Waals surface area contributed by atoms with Crippen LogP contribution in [0.1, 0.15) is 40.5 Å². The van der Waals surface area contributed by atoms with E-state index in [0.29, 0.717) is 6.04 Å². The third-order valence-electron chi connectivity index (χ3n) is 3.38. The zero-order valence-corrected chi connectivity index (χ0v) is 16.5. The van der Waals surface area contributed by atoms with E-state index < -0.39 is 0 Å². The Labute approximate surface area is 147 Å². The van der Waals surface area contributed by atoms with E-state index in [1.165, 1.54) is 15.4 Å². The number of hydrogen-bond acceptors (Lipinski definition) is 3. The van der Waals surface area contributed by atoms with Crippen molar-refractivity contribution < 1.29 is 0 Å². The number of aromatic nitrogens is 1. The topological polar surface area (TPSA) is 24.9 Å². The molecule has 0 aliphatic rings. The van der Waals surface area contributed by atoms with Gasteiger partial charge in [0.25, 0.3) is 0 Å². The first kappa shape index (κ1) is 17.1. The van der Waals surface area contributed by atoms with Crippen LogP contribution in [-0.2, 0) is 6.42 Å². The third kappa shape index (κ3) is 4.88. The van der Waals surface area contributed by atoms with E-state index in [0.717, 1.165) is 34.0 Å². The second kappa shape index (κ2) is 7.86. The van der Waals surface area contributed by atoms with Crippen molar-refractivity contribution in [1.29, 1.82) is 0 Å². The highest BCUT2D eigenvalue weighted by Gasteiger charge is 2.15. The van der Waals surface area contributed by atoms with Crippen molar-refractivity contribution in [2.45, 2.75) is 39.7 Å². The molecule has 0 radical (unpaired) electrons. The first-order valence-corrected chi connectivity index (χ1v) is 9.52. The van der Waals surface area contributed by atoms with Crippen LogP contribution < -0.4 is 5.32 Å². The summed E-state index contributed by atoms with van der Waals surface area (Å²) in [6, 6.07) is 6.73. The second-order valence-electron chi connectivity index (χ2n) is 5.16. The Bertz CT molecular complexity index is 571. The second-order valence-corrected chi connectivity index (χ2v) is 8.28. The molecule has 0 amide bonds. The normalized spacial score (nSPS) is 12.6. The molecule has 1 unspecified atom stereocenters. The number of hydrogen-bond donors (Lipinski definition) is 1. The van der Waals surface area contributed by atoms with Crippen molar-refractivity contribution in [1.82, 2.24) is 10.3 Å². The molecule has 1 aromatic carbocycles. The summed E-state index contributed by atoms with van der Waals surface area (Å²) in [5.74, 6) is 0. The third-order valence-corrected chi connectivity index (χ3v) is 5.39. The molecular weight excluding hydrogens is 412 g/mol. The van der Waals surface area contributed by atoms with Crippen LogP contribution in [0.25, 0.3) is 0 Å². The zero-order valence-electron chi connectivity index (χ0n) is 12.5. The molecular formula is C16H20Br2N2S. The first-order valence-electron chi connectivity index (χ1n) is 7.12. The van der Waals surface area contributed by atoms with Crippen molar-refractivity contribution in [3.63, 3.8) is 0 Å². The van der Waals surface area contributed by atoms with Gasteiger partial charge in [-0.25, -0.2) is 4.98 Å². The molecule has 1 aromatic heterocycles. The van der Waals surface area contributed by atoms with Crippen LogP contribution in [0.4, 0.5) is 0 Å². The Balaban J connectivity index is 2.24. The van der Waals surface area contributed by atoms with Crippen molar-refractivity contribution in [3.05, 3.63) is 48.3 Å². The Morgan fingerprint density at radius 3 is 2.38 bits per heavy atom. The summed E-state index contributed by atoms with van der Waals surface area (Å²) >= 11 is 8.96. The average molecular weight is 432 g/mol. The van der Waals surface area contributed by atoms with Gasteiger partial charge in [0.2, 0.25) is 0 Å². The number of nitrogens with one attached hydrogen (secondary N) is 1. The van der Waals surface area contributed by atoms with Gasteiger partial charge in [0.05, 0.1) is 10.7 Å². The Kier molecular flexibility index (Phi) is 6.41. The van der Waals surface area contributed by atoms with Gasteiger partial charge in [0, 0.05) is 26.3 Å². The predicted molar refractivity (Wildman–Crippen MR) is 98.2 cm³/mol. The molecule has 21 heavy (non-hydrogen) atoms. The molecule has 2 nitrogen and oxygen atoms in total. The summed E-state index contributed by atoms with van der Waals surface area (Å²) in [5, 5.41) is 4.85. The van der Waals surface area contributed by atoms with Crippen LogP contribution in [-0.4, -0.2) is 11.5 Å². The van der Waals surface area contributed by atoms with Crippen molar-refractivity contribution in [2.24, 2.45) is 0 Å². The highest BCUT2D eigenvalue weighted by atomic mass is 79.9. The van der Waals surface area contributed by atoms with Crippen LogP contribution in [0.2, 0.25) is 0 Å². The van der Waals surface area contributed by atoms with Crippen molar-refractivity contribution in [2.75, 3.05) is 6.54 Å². The van der Waals surface area contributed by atoms with E-state index in [1.807, 2.05) is 0 Å². The molecule has 1 N–H and O–H groups in total. The molecule has 5 heteroatoms. The molecule has 0 aliphatic carbocycles. The summed E-state index contributed by atoms with van der Waals surface area (Å²) in [7, 11) is 0. The van der Waals surface area contributed by atoms with E-state index in [1.54, 1.807) is 11.3 Å². The zero-order chi connectivity index (χ0) is 15.4. The Morgan fingerprint density at radius 2 is 1.86 bits per heavy atom. The van der Waals surface area contributed by atoms with Gasteiger partial charge >= 0.3 is 0 Å². The van der Waals surface area contributed by atoms with Crippen molar-refractivity contribution >= 4 is 43.2 Å². The summed E-state index contributed by atoms with van der Waals surface area (Å²) in [6.45, 7) is 7.43. The quantitative estimate of drug-likeness (QED) is 0.646. The molecule has 1 atom stereocenters. The minimum absolute atomic E-state index is 0.295. The van der Waals surface area contributed by atoms with Gasteiger partial charge in [-0.15, -0.1) is 11.3 Å². The van der Waals surface area contributed by atoms with E-state index in [-0.39, 0.29) is 0 Å². The van der Waals surface area contributed by atoms with Crippen LogP contribution >= 0.6 is 43.2 Å². The summed E-state index contributed by atoms with van der Waals surface area (Å²) in [5.41, 5.74) is 2.44. The SMILES string of the molecule is CCCNC(Cc1nc(C)c(C)s1)c1cc(Br)cc(Br)c1. The van der Waals surface area contributed by atoms with Gasteiger partial charge in [-0.1, -0.05) is 38.8 Å². The Morgan fingerprint density at radius 1 is 1.19 bits per heavy atom. The maximum atomic E-state index is 4.68. The predicted octanol–water partition coefficient (Wildman–Crippen LogP) is 5.57. The Hall–Kier alpha value is -0.230. The van der Waals surface area contributed by atoms with Gasteiger partial charge in [0.15, 0.2) is 0 Å². The smallest absolute Gasteiger partial charge is 0.0949 e.